The molecule has 1 aromatic carbocycles. The van der Waals surface area contributed by atoms with Crippen LogP contribution in [-0.4, -0.2) is 17.4 Å². The minimum absolute atomic E-state index is 0.139. The summed E-state index contributed by atoms with van der Waals surface area (Å²) in [6.45, 7) is 3.64. The van der Waals surface area contributed by atoms with E-state index >= 15 is 0 Å². The predicted octanol–water partition coefficient (Wildman–Crippen LogP) is 3.77. The smallest absolute Gasteiger partial charge is 0.481 e. The van der Waals surface area contributed by atoms with Gasteiger partial charge in [0.05, 0.1) is 5.92 Å². The fourth-order valence-corrected chi connectivity index (χ4v) is 2.32. The van der Waals surface area contributed by atoms with E-state index in [0.29, 0.717) is 6.42 Å². The second-order valence-electron chi connectivity index (χ2n) is 4.92. The molecule has 3 N–H and O–H groups in total. The quantitative estimate of drug-likeness (QED) is 0.785. The summed E-state index contributed by atoms with van der Waals surface area (Å²) < 4.78 is 40.5. The Bertz CT molecular complexity index is 503. The van der Waals surface area contributed by atoms with Gasteiger partial charge in [0.1, 0.15) is 5.75 Å². The summed E-state index contributed by atoms with van der Waals surface area (Å²) in [6, 6.07) is 3.34. The van der Waals surface area contributed by atoms with Crippen molar-refractivity contribution in [3.8, 4) is 5.75 Å². The van der Waals surface area contributed by atoms with Crippen LogP contribution >= 0.6 is 0 Å². The molecule has 118 valence electrons. The van der Waals surface area contributed by atoms with Gasteiger partial charge in [-0.25, -0.2) is 0 Å². The van der Waals surface area contributed by atoms with Crippen LogP contribution in [0.5, 0.6) is 5.75 Å². The Labute approximate surface area is 120 Å². The number of anilines is 1. The van der Waals surface area contributed by atoms with Crippen molar-refractivity contribution in [2.24, 2.45) is 5.92 Å². The monoisotopic (exact) mass is 305 g/mol. The van der Waals surface area contributed by atoms with Crippen LogP contribution in [0.4, 0.5) is 18.9 Å². The Balaban J connectivity index is 3.18. The third-order valence-electron chi connectivity index (χ3n) is 3.21. The van der Waals surface area contributed by atoms with Crippen LogP contribution in [0.3, 0.4) is 0 Å². The van der Waals surface area contributed by atoms with Gasteiger partial charge >= 0.3 is 12.3 Å². The van der Waals surface area contributed by atoms with Crippen molar-refractivity contribution in [3.63, 3.8) is 0 Å². The van der Waals surface area contributed by atoms with E-state index in [-0.39, 0.29) is 17.2 Å². The van der Waals surface area contributed by atoms with Crippen LogP contribution in [-0.2, 0) is 4.79 Å². The molecule has 2 unspecified atom stereocenters. The van der Waals surface area contributed by atoms with Crippen molar-refractivity contribution in [3.05, 3.63) is 23.8 Å². The van der Waals surface area contributed by atoms with Crippen LogP contribution < -0.4 is 10.5 Å². The summed E-state index contributed by atoms with van der Waals surface area (Å²) in [7, 11) is 0. The van der Waals surface area contributed by atoms with E-state index in [1.807, 2.05) is 6.92 Å². The van der Waals surface area contributed by atoms with Gasteiger partial charge in [0.15, 0.2) is 0 Å². The highest BCUT2D eigenvalue weighted by Gasteiger charge is 2.33. The van der Waals surface area contributed by atoms with Crippen molar-refractivity contribution >= 4 is 11.7 Å². The maximum Gasteiger partial charge on any atom is 0.573 e. The zero-order valence-corrected chi connectivity index (χ0v) is 11.8. The van der Waals surface area contributed by atoms with E-state index in [1.54, 1.807) is 6.92 Å². The Morgan fingerprint density at radius 1 is 1.43 bits per heavy atom. The van der Waals surface area contributed by atoms with E-state index in [4.69, 9.17) is 5.73 Å². The standard InChI is InChI=1S/C14H18F3NO3/c1-3-4-8(2)12(13(19)20)10-7-9(5-6-11(10)18)21-14(15,16)17/h5-8,12H,3-4,18H2,1-2H3,(H,19,20). The van der Waals surface area contributed by atoms with Crippen LogP contribution in [0.15, 0.2) is 18.2 Å². The van der Waals surface area contributed by atoms with Crippen LogP contribution in [0.25, 0.3) is 0 Å². The number of aliphatic carboxylic acids is 1. The van der Waals surface area contributed by atoms with Crippen molar-refractivity contribution in [2.75, 3.05) is 5.73 Å². The summed E-state index contributed by atoms with van der Waals surface area (Å²) >= 11 is 0. The number of nitrogens with two attached hydrogens (primary N) is 1. The number of rotatable bonds is 6. The zero-order chi connectivity index (χ0) is 16.2. The maximum atomic E-state index is 12.2. The molecule has 1 rings (SSSR count). The zero-order valence-electron chi connectivity index (χ0n) is 11.8. The fraction of sp³-hybridized carbons (Fsp3) is 0.500. The van der Waals surface area contributed by atoms with Crippen molar-refractivity contribution in [2.45, 2.75) is 39.0 Å². The van der Waals surface area contributed by atoms with E-state index in [2.05, 4.69) is 4.74 Å². The molecule has 0 amide bonds. The first-order valence-corrected chi connectivity index (χ1v) is 6.53. The lowest BCUT2D eigenvalue weighted by Gasteiger charge is -2.22. The highest BCUT2D eigenvalue weighted by atomic mass is 19.4. The molecule has 0 aliphatic rings. The summed E-state index contributed by atoms with van der Waals surface area (Å²) in [5, 5.41) is 9.35. The minimum Gasteiger partial charge on any atom is -0.481 e. The number of carbonyl (C=O) groups is 1. The Hall–Kier alpha value is -1.92. The summed E-state index contributed by atoms with van der Waals surface area (Å²) in [6.07, 6.45) is -3.44. The molecular formula is C14H18F3NO3. The van der Waals surface area contributed by atoms with Crippen LogP contribution in [0.1, 0.15) is 38.2 Å². The SMILES string of the molecule is CCCC(C)C(C(=O)O)c1cc(OC(F)(F)F)ccc1N. The lowest BCUT2D eigenvalue weighted by atomic mass is 9.83. The molecule has 0 saturated heterocycles. The van der Waals surface area contributed by atoms with Gasteiger partial charge in [-0.1, -0.05) is 20.3 Å². The van der Waals surface area contributed by atoms with Crippen molar-refractivity contribution < 1.29 is 27.8 Å². The van der Waals surface area contributed by atoms with Gasteiger partial charge in [-0.15, -0.1) is 13.2 Å². The third-order valence-corrected chi connectivity index (χ3v) is 3.21. The first-order valence-electron chi connectivity index (χ1n) is 6.53. The summed E-state index contributed by atoms with van der Waals surface area (Å²) in [5.74, 6) is -2.81. The maximum absolute atomic E-state index is 12.2. The normalized spacial score (nSPS) is 14.5. The van der Waals surface area contributed by atoms with Gasteiger partial charge in [0.2, 0.25) is 0 Å². The average Bonchev–Trinajstić information content (AvgIpc) is 2.31. The average molecular weight is 305 g/mol. The number of carboxylic acid groups (broad SMARTS) is 1. The molecule has 21 heavy (non-hydrogen) atoms. The predicted molar refractivity (Wildman–Crippen MR) is 72.0 cm³/mol. The minimum atomic E-state index is -4.83. The Kier molecular flexibility index (Phi) is 5.46. The van der Waals surface area contributed by atoms with Crippen LogP contribution in [0, 0.1) is 5.92 Å². The number of alkyl halides is 3. The molecule has 0 bridgehead atoms. The number of halogens is 3. The molecule has 0 aliphatic heterocycles. The number of carboxylic acids is 1. The van der Waals surface area contributed by atoms with Gasteiger partial charge in [-0.3, -0.25) is 4.79 Å². The Morgan fingerprint density at radius 2 is 2.05 bits per heavy atom. The molecule has 0 aromatic heterocycles. The van der Waals surface area contributed by atoms with Gasteiger partial charge in [0.25, 0.3) is 0 Å². The number of benzene rings is 1. The van der Waals surface area contributed by atoms with Crippen LogP contribution in [0.2, 0.25) is 0 Å². The lowest BCUT2D eigenvalue weighted by molar-refractivity contribution is -0.274. The molecule has 0 fully saturated rings. The van der Waals surface area contributed by atoms with Gasteiger partial charge in [-0.05, 0) is 36.1 Å². The highest BCUT2D eigenvalue weighted by Crippen LogP contribution is 2.35. The van der Waals surface area contributed by atoms with E-state index in [9.17, 15) is 23.1 Å². The molecule has 0 aliphatic carbocycles. The van der Waals surface area contributed by atoms with Crippen molar-refractivity contribution in [1.82, 2.24) is 0 Å². The molecule has 7 heteroatoms. The molecule has 4 nitrogen and oxygen atoms in total. The van der Waals surface area contributed by atoms with E-state index < -0.39 is 24.0 Å². The topological polar surface area (TPSA) is 72.5 Å². The molecule has 0 radical (unpaired) electrons. The van der Waals surface area contributed by atoms with Gasteiger partial charge in [-0.2, -0.15) is 0 Å². The first-order chi connectivity index (χ1) is 9.65. The fourth-order valence-electron chi connectivity index (χ4n) is 2.32. The molecular weight excluding hydrogens is 287 g/mol. The molecule has 0 spiro atoms. The molecule has 1 aromatic rings. The Morgan fingerprint density at radius 3 is 2.52 bits per heavy atom. The van der Waals surface area contributed by atoms with Gasteiger partial charge in [0, 0.05) is 5.69 Å². The first kappa shape index (κ1) is 17.1. The molecule has 0 saturated carbocycles. The third kappa shape index (κ3) is 4.84. The largest absolute Gasteiger partial charge is 0.573 e. The highest BCUT2D eigenvalue weighted by molar-refractivity contribution is 5.79. The van der Waals surface area contributed by atoms with Gasteiger partial charge < -0.3 is 15.6 Å². The number of nitrogen functional groups attached to an aromatic ring is 1. The lowest BCUT2D eigenvalue weighted by Crippen LogP contribution is -2.22. The van der Waals surface area contributed by atoms with Crippen molar-refractivity contribution in [1.29, 1.82) is 0 Å². The van der Waals surface area contributed by atoms with E-state index in [0.717, 1.165) is 18.6 Å². The van der Waals surface area contributed by atoms with E-state index in [1.165, 1.54) is 6.07 Å². The second kappa shape index (κ2) is 6.69. The summed E-state index contributed by atoms with van der Waals surface area (Å²) in [5.41, 5.74) is 6.01. The number of hydrogen-bond acceptors (Lipinski definition) is 3. The number of hydrogen-bond donors (Lipinski definition) is 2. The molecule has 2 atom stereocenters. The molecule has 0 heterocycles. The summed E-state index contributed by atoms with van der Waals surface area (Å²) in [4.78, 5) is 11.4. The number of ether oxygens (including phenoxy) is 1. The second-order valence-corrected chi connectivity index (χ2v) is 4.92.